The third-order valence-electron chi connectivity index (χ3n) is 11.5. The molecule has 0 atom stereocenters. The van der Waals surface area contributed by atoms with Crippen molar-refractivity contribution in [2.45, 2.75) is 19.3 Å². The summed E-state index contributed by atoms with van der Waals surface area (Å²) in [7, 11) is 0. The monoisotopic (exact) mass is 692 g/mol. The second-order valence-corrected chi connectivity index (χ2v) is 15.0. The van der Waals surface area contributed by atoms with Gasteiger partial charge in [-0.3, -0.25) is 0 Å². The summed E-state index contributed by atoms with van der Waals surface area (Å²) >= 11 is 0. The molecule has 0 unspecified atom stereocenters. The number of benzene rings is 8. The molecular weight excluding hydrogens is 657 g/mol. The van der Waals surface area contributed by atoms with Gasteiger partial charge < -0.3 is 13.9 Å². The third-order valence-corrected chi connectivity index (χ3v) is 11.5. The molecule has 0 spiro atoms. The van der Waals surface area contributed by atoms with E-state index in [9.17, 15) is 0 Å². The van der Waals surface area contributed by atoms with E-state index in [0.29, 0.717) is 0 Å². The predicted molar refractivity (Wildman–Crippen MR) is 226 cm³/mol. The first-order valence-corrected chi connectivity index (χ1v) is 18.7. The molecule has 2 aromatic heterocycles. The summed E-state index contributed by atoms with van der Waals surface area (Å²) in [5, 5.41) is 4.74. The fraction of sp³-hybridized carbons (Fsp3) is 0.0588. The summed E-state index contributed by atoms with van der Waals surface area (Å²) in [4.78, 5) is 2.41. The maximum atomic E-state index is 6.50. The summed E-state index contributed by atoms with van der Waals surface area (Å²) in [5.41, 5.74) is 16.0. The lowest BCUT2D eigenvalue weighted by Gasteiger charge is -2.29. The van der Waals surface area contributed by atoms with E-state index >= 15 is 0 Å². The van der Waals surface area contributed by atoms with Gasteiger partial charge >= 0.3 is 0 Å². The summed E-state index contributed by atoms with van der Waals surface area (Å²) < 4.78 is 8.90. The maximum Gasteiger partial charge on any atom is 0.137 e. The van der Waals surface area contributed by atoms with Gasteiger partial charge in [0.05, 0.1) is 11.0 Å². The molecule has 2 heterocycles. The molecule has 0 fully saturated rings. The average molecular weight is 693 g/mol. The van der Waals surface area contributed by atoms with Gasteiger partial charge in [0.15, 0.2) is 0 Å². The predicted octanol–water partition coefficient (Wildman–Crippen LogP) is 14.1. The Balaban J connectivity index is 1.20. The maximum absolute atomic E-state index is 6.50. The minimum absolute atomic E-state index is 0.163. The number of furan rings is 1. The molecule has 1 aliphatic rings. The summed E-state index contributed by atoms with van der Waals surface area (Å²) in [5.74, 6) is 0. The van der Waals surface area contributed by atoms with Crippen LogP contribution in [0.4, 0.5) is 17.1 Å². The Bertz CT molecular complexity index is 3040. The van der Waals surface area contributed by atoms with Gasteiger partial charge in [-0.2, -0.15) is 0 Å². The average Bonchev–Trinajstić information content (AvgIpc) is 3.84. The summed E-state index contributed by atoms with van der Waals surface area (Å²) in [6.45, 7) is 4.73. The van der Waals surface area contributed by atoms with E-state index in [4.69, 9.17) is 4.42 Å². The molecule has 11 rings (SSSR count). The second kappa shape index (κ2) is 11.6. The molecule has 0 bridgehead atoms. The standard InChI is InChI=1S/C51H36N2O/c1-51(2)45-23-10-6-19-38(45)44-31-37(30-43(50(44)51)33-15-4-3-5-16-33)52(36-27-28-42-41-22-9-13-26-48(41)54-49(42)32-36)34-17-14-18-35(29-34)53-46-24-11-7-20-39(46)40-21-8-12-25-47(40)53/h3-32H,1-2H3. The zero-order valence-corrected chi connectivity index (χ0v) is 30.1. The molecule has 10 aromatic rings. The van der Waals surface area contributed by atoms with Crippen LogP contribution in [0.25, 0.3) is 71.7 Å². The molecule has 0 aliphatic heterocycles. The van der Waals surface area contributed by atoms with Crippen molar-refractivity contribution in [1.29, 1.82) is 0 Å². The summed E-state index contributed by atoms with van der Waals surface area (Å²) in [6.07, 6.45) is 0. The SMILES string of the molecule is CC1(C)c2ccccc2-c2cc(N(c3cccc(-n4c5ccccc5c5ccccc54)c3)c3ccc4c(c3)oc3ccccc34)cc(-c3ccccc3)c21. The lowest BCUT2D eigenvalue weighted by Crippen LogP contribution is -2.17. The highest BCUT2D eigenvalue weighted by Gasteiger charge is 2.38. The van der Waals surface area contributed by atoms with Gasteiger partial charge in [-0.15, -0.1) is 0 Å². The highest BCUT2D eigenvalue weighted by molar-refractivity contribution is 6.09. The molecule has 256 valence electrons. The summed E-state index contributed by atoms with van der Waals surface area (Å²) in [6, 6.07) is 65.9. The topological polar surface area (TPSA) is 21.3 Å². The zero-order valence-electron chi connectivity index (χ0n) is 30.1. The molecule has 0 amide bonds. The highest BCUT2D eigenvalue weighted by Crippen LogP contribution is 2.54. The highest BCUT2D eigenvalue weighted by atomic mass is 16.3. The van der Waals surface area contributed by atoms with E-state index in [1.54, 1.807) is 0 Å². The molecular formula is C51H36N2O. The van der Waals surface area contributed by atoms with E-state index in [2.05, 4.69) is 193 Å². The second-order valence-electron chi connectivity index (χ2n) is 15.0. The first-order valence-electron chi connectivity index (χ1n) is 18.7. The number of aromatic nitrogens is 1. The van der Waals surface area contributed by atoms with Crippen LogP contribution in [0, 0.1) is 0 Å². The first kappa shape index (κ1) is 30.8. The van der Waals surface area contributed by atoms with Crippen molar-refractivity contribution in [2.75, 3.05) is 4.90 Å². The fourth-order valence-electron chi connectivity index (χ4n) is 9.16. The Hall–Kier alpha value is -6.84. The van der Waals surface area contributed by atoms with Crippen LogP contribution in [-0.4, -0.2) is 4.57 Å². The van der Waals surface area contributed by atoms with Crippen molar-refractivity contribution in [1.82, 2.24) is 4.57 Å². The normalized spacial score (nSPS) is 13.1. The molecule has 8 aromatic carbocycles. The van der Waals surface area contributed by atoms with Crippen LogP contribution in [-0.2, 0) is 5.41 Å². The van der Waals surface area contributed by atoms with E-state index < -0.39 is 0 Å². The van der Waals surface area contributed by atoms with E-state index in [1.807, 2.05) is 12.1 Å². The Morgan fingerprint density at radius 3 is 1.87 bits per heavy atom. The van der Waals surface area contributed by atoms with Crippen LogP contribution in [0.15, 0.2) is 186 Å². The minimum Gasteiger partial charge on any atom is -0.456 e. The van der Waals surface area contributed by atoms with E-state index in [0.717, 1.165) is 44.7 Å². The lowest BCUT2D eigenvalue weighted by atomic mass is 9.78. The number of para-hydroxylation sites is 3. The quantitative estimate of drug-likeness (QED) is 0.179. The van der Waals surface area contributed by atoms with E-state index in [-0.39, 0.29) is 5.41 Å². The number of fused-ring (bicyclic) bond motifs is 9. The molecule has 3 nitrogen and oxygen atoms in total. The van der Waals surface area contributed by atoms with Gasteiger partial charge in [-0.05, 0) is 94.0 Å². The third kappa shape index (κ3) is 4.48. The van der Waals surface area contributed by atoms with Gasteiger partial charge in [0.2, 0.25) is 0 Å². The molecule has 0 N–H and O–H groups in total. The molecule has 1 aliphatic carbocycles. The Kier molecular flexibility index (Phi) is 6.60. The van der Waals surface area contributed by atoms with Crippen molar-refractivity contribution < 1.29 is 4.42 Å². The van der Waals surface area contributed by atoms with Crippen molar-refractivity contribution in [3.63, 3.8) is 0 Å². The van der Waals surface area contributed by atoms with Gasteiger partial charge in [0.25, 0.3) is 0 Å². The zero-order chi connectivity index (χ0) is 36.0. The van der Waals surface area contributed by atoms with Crippen molar-refractivity contribution in [3.05, 3.63) is 193 Å². The van der Waals surface area contributed by atoms with Gasteiger partial charge in [0.1, 0.15) is 11.2 Å². The molecule has 0 saturated heterocycles. The van der Waals surface area contributed by atoms with Crippen LogP contribution in [0.5, 0.6) is 0 Å². The van der Waals surface area contributed by atoms with E-state index in [1.165, 1.54) is 55.2 Å². The smallest absolute Gasteiger partial charge is 0.137 e. The number of hydrogen-bond donors (Lipinski definition) is 0. The molecule has 0 radical (unpaired) electrons. The number of nitrogens with zero attached hydrogens (tertiary/aromatic N) is 2. The Labute approximate surface area is 314 Å². The van der Waals surface area contributed by atoms with Gasteiger partial charge in [-0.1, -0.05) is 129 Å². The molecule has 3 heteroatoms. The lowest BCUT2D eigenvalue weighted by molar-refractivity contribution is 0.662. The first-order chi connectivity index (χ1) is 26.5. The van der Waals surface area contributed by atoms with Gasteiger partial charge in [-0.25, -0.2) is 0 Å². The Morgan fingerprint density at radius 2 is 1.07 bits per heavy atom. The number of hydrogen-bond acceptors (Lipinski definition) is 2. The minimum atomic E-state index is -0.163. The largest absolute Gasteiger partial charge is 0.456 e. The Morgan fingerprint density at radius 1 is 0.444 bits per heavy atom. The van der Waals surface area contributed by atoms with Crippen molar-refractivity contribution in [3.8, 4) is 27.9 Å². The van der Waals surface area contributed by atoms with Crippen LogP contribution >= 0.6 is 0 Å². The molecule has 0 saturated carbocycles. The fourth-order valence-corrected chi connectivity index (χ4v) is 9.16. The van der Waals surface area contributed by atoms with Crippen LogP contribution in [0.2, 0.25) is 0 Å². The molecule has 54 heavy (non-hydrogen) atoms. The van der Waals surface area contributed by atoms with Crippen molar-refractivity contribution in [2.24, 2.45) is 0 Å². The van der Waals surface area contributed by atoms with Crippen LogP contribution in [0.3, 0.4) is 0 Å². The van der Waals surface area contributed by atoms with Crippen molar-refractivity contribution >= 4 is 60.8 Å². The number of anilines is 3. The van der Waals surface area contributed by atoms with Crippen LogP contribution in [0.1, 0.15) is 25.0 Å². The number of rotatable bonds is 5. The van der Waals surface area contributed by atoms with Crippen LogP contribution < -0.4 is 4.90 Å². The van der Waals surface area contributed by atoms with Gasteiger partial charge in [0, 0.05) is 55.8 Å².